The van der Waals surface area contributed by atoms with Gasteiger partial charge in [-0.25, -0.2) is 4.79 Å². The molecule has 0 aromatic heterocycles. The zero-order valence-electron chi connectivity index (χ0n) is 13.4. The van der Waals surface area contributed by atoms with E-state index >= 15 is 0 Å². The maximum atomic E-state index is 13.3. The summed E-state index contributed by atoms with van der Waals surface area (Å²) in [6.45, 7) is 4.88. The molecular formula is C16H19F3N2O3. The fourth-order valence-electron chi connectivity index (χ4n) is 2.89. The van der Waals surface area contributed by atoms with Gasteiger partial charge in [-0.2, -0.15) is 13.2 Å². The van der Waals surface area contributed by atoms with Crippen molar-refractivity contribution >= 4 is 11.8 Å². The lowest BCUT2D eigenvalue weighted by Crippen LogP contribution is -2.72. The first-order valence-corrected chi connectivity index (χ1v) is 7.45. The number of rotatable bonds is 3. The Labute approximate surface area is 137 Å². The van der Waals surface area contributed by atoms with Gasteiger partial charge < -0.3 is 15.7 Å². The van der Waals surface area contributed by atoms with Crippen molar-refractivity contribution in [3.8, 4) is 0 Å². The Balaban J connectivity index is 2.50. The Hall–Kier alpha value is -2.09. The molecule has 3 N–H and O–H groups in total. The Kier molecular flexibility index (Phi) is 4.63. The zero-order valence-corrected chi connectivity index (χ0v) is 13.4. The SMILES string of the molecule is CC(=O)[C@@H]1[C@@H](c2ccc(C(C)C)cc2)NC(=O)N[C@@]1(O)C(F)(F)F. The second-order valence-corrected chi connectivity index (χ2v) is 6.25. The van der Waals surface area contributed by atoms with E-state index in [1.165, 1.54) is 5.32 Å². The van der Waals surface area contributed by atoms with Crippen molar-refractivity contribution in [3.63, 3.8) is 0 Å². The smallest absolute Gasteiger partial charge is 0.363 e. The summed E-state index contributed by atoms with van der Waals surface area (Å²) in [5, 5.41) is 13.8. The Morgan fingerprint density at radius 3 is 2.21 bits per heavy atom. The predicted octanol–water partition coefficient (Wildman–Crippen LogP) is 2.62. The molecule has 8 heteroatoms. The van der Waals surface area contributed by atoms with E-state index in [4.69, 9.17) is 0 Å². The van der Waals surface area contributed by atoms with E-state index in [9.17, 15) is 27.9 Å². The first-order chi connectivity index (χ1) is 11.0. The molecule has 0 bridgehead atoms. The van der Waals surface area contributed by atoms with Gasteiger partial charge >= 0.3 is 12.2 Å². The molecule has 2 rings (SSSR count). The van der Waals surface area contributed by atoms with Crippen LogP contribution in [-0.4, -0.2) is 28.8 Å². The number of carbonyl (C=O) groups excluding carboxylic acids is 2. The summed E-state index contributed by atoms with van der Waals surface area (Å²) in [5.74, 6) is -2.57. The van der Waals surface area contributed by atoms with E-state index in [0.717, 1.165) is 12.5 Å². The van der Waals surface area contributed by atoms with Crippen LogP contribution in [0.1, 0.15) is 43.9 Å². The lowest BCUT2D eigenvalue weighted by Gasteiger charge is -2.44. The number of Topliss-reactive ketones (excluding diaryl/α,β-unsaturated/α-hetero) is 1. The number of urea groups is 1. The Bertz CT molecular complexity index is 643. The third-order valence-electron chi connectivity index (χ3n) is 4.21. The fraction of sp³-hybridized carbons (Fsp3) is 0.500. The molecule has 1 aromatic carbocycles. The van der Waals surface area contributed by atoms with Crippen LogP contribution in [0.5, 0.6) is 0 Å². The number of nitrogens with one attached hydrogen (secondary N) is 2. The predicted molar refractivity (Wildman–Crippen MR) is 80.1 cm³/mol. The maximum Gasteiger partial charge on any atom is 0.437 e. The molecule has 1 heterocycles. The fourth-order valence-corrected chi connectivity index (χ4v) is 2.89. The van der Waals surface area contributed by atoms with Gasteiger partial charge in [0.15, 0.2) is 0 Å². The summed E-state index contributed by atoms with van der Waals surface area (Å²) in [6.07, 6.45) is -5.20. The molecular weight excluding hydrogens is 325 g/mol. The highest BCUT2D eigenvalue weighted by Crippen LogP contribution is 2.42. The Morgan fingerprint density at radius 1 is 1.25 bits per heavy atom. The van der Waals surface area contributed by atoms with E-state index in [2.05, 4.69) is 5.32 Å². The van der Waals surface area contributed by atoms with Crippen molar-refractivity contribution < 1.29 is 27.9 Å². The molecule has 3 atom stereocenters. The molecule has 0 unspecified atom stereocenters. The van der Waals surface area contributed by atoms with Gasteiger partial charge in [-0.1, -0.05) is 38.1 Å². The normalized spacial score (nSPS) is 27.6. The molecule has 1 aliphatic heterocycles. The lowest BCUT2D eigenvalue weighted by atomic mass is 9.79. The maximum absolute atomic E-state index is 13.3. The summed E-state index contributed by atoms with van der Waals surface area (Å²) >= 11 is 0. The summed E-state index contributed by atoms with van der Waals surface area (Å²) in [5.41, 5.74) is -2.34. The monoisotopic (exact) mass is 344 g/mol. The van der Waals surface area contributed by atoms with E-state index in [1.54, 1.807) is 24.3 Å². The first kappa shape index (κ1) is 18.3. The topological polar surface area (TPSA) is 78.4 Å². The van der Waals surface area contributed by atoms with Gasteiger partial charge in [0.1, 0.15) is 5.78 Å². The second kappa shape index (κ2) is 6.08. The van der Waals surface area contributed by atoms with Crippen molar-refractivity contribution in [2.45, 2.75) is 44.6 Å². The first-order valence-electron chi connectivity index (χ1n) is 7.45. The second-order valence-electron chi connectivity index (χ2n) is 6.25. The average Bonchev–Trinajstić information content (AvgIpc) is 2.44. The molecule has 1 aromatic rings. The summed E-state index contributed by atoms with van der Waals surface area (Å²) in [6, 6.07) is 4.07. The van der Waals surface area contributed by atoms with Crippen LogP contribution in [0.25, 0.3) is 0 Å². The van der Waals surface area contributed by atoms with Crippen molar-refractivity contribution in [3.05, 3.63) is 35.4 Å². The van der Waals surface area contributed by atoms with Gasteiger partial charge in [0, 0.05) is 0 Å². The van der Waals surface area contributed by atoms with Crippen LogP contribution in [-0.2, 0) is 4.79 Å². The highest BCUT2D eigenvalue weighted by molar-refractivity contribution is 5.86. The van der Waals surface area contributed by atoms with Gasteiger partial charge in [0.2, 0.25) is 5.72 Å². The van der Waals surface area contributed by atoms with Gasteiger partial charge in [-0.05, 0) is 24.0 Å². The zero-order chi connectivity index (χ0) is 18.3. The molecule has 0 spiro atoms. The molecule has 1 saturated heterocycles. The molecule has 1 aliphatic rings. The van der Waals surface area contributed by atoms with Gasteiger partial charge in [-0.15, -0.1) is 0 Å². The number of benzene rings is 1. The number of halogens is 3. The van der Waals surface area contributed by atoms with Crippen molar-refractivity contribution in [2.24, 2.45) is 5.92 Å². The van der Waals surface area contributed by atoms with Crippen LogP contribution >= 0.6 is 0 Å². The largest absolute Gasteiger partial charge is 0.437 e. The van der Waals surface area contributed by atoms with E-state index in [1.807, 2.05) is 13.8 Å². The quantitative estimate of drug-likeness (QED) is 0.789. The average molecular weight is 344 g/mol. The summed E-state index contributed by atoms with van der Waals surface area (Å²) in [4.78, 5) is 23.5. The number of aliphatic hydroxyl groups is 1. The van der Waals surface area contributed by atoms with Crippen molar-refractivity contribution in [2.75, 3.05) is 0 Å². The number of hydrogen-bond acceptors (Lipinski definition) is 3. The summed E-state index contributed by atoms with van der Waals surface area (Å²) in [7, 11) is 0. The van der Waals surface area contributed by atoms with Gasteiger partial charge in [-0.3, -0.25) is 4.79 Å². The van der Waals surface area contributed by atoms with Crippen LogP contribution < -0.4 is 10.6 Å². The molecule has 0 aliphatic carbocycles. The standard InChI is InChI=1S/C16H19F3N2O3/c1-8(2)10-4-6-11(7-5-10)13-12(9(3)22)15(24,16(17,18)19)21-14(23)20-13/h4-8,12-13,24H,1-3H3,(H2,20,21,23)/t12-,13-,15+/m1/s1. The van der Waals surface area contributed by atoms with E-state index in [-0.39, 0.29) is 5.92 Å². The number of alkyl halides is 3. The van der Waals surface area contributed by atoms with Crippen LogP contribution in [0.4, 0.5) is 18.0 Å². The molecule has 5 nitrogen and oxygen atoms in total. The summed E-state index contributed by atoms with van der Waals surface area (Å²) < 4.78 is 40.0. The molecule has 2 amide bonds. The number of carbonyl (C=O) groups is 2. The van der Waals surface area contributed by atoms with Crippen LogP contribution in [0.2, 0.25) is 0 Å². The van der Waals surface area contributed by atoms with E-state index in [0.29, 0.717) is 5.56 Å². The van der Waals surface area contributed by atoms with Gasteiger partial charge in [0.05, 0.1) is 12.0 Å². The number of ketones is 1. The minimum atomic E-state index is -5.20. The third-order valence-corrected chi connectivity index (χ3v) is 4.21. The molecule has 1 fully saturated rings. The minimum absolute atomic E-state index is 0.220. The third kappa shape index (κ3) is 3.10. The molecule has 132 valence electrons. The molecule has 0 radical (unpaired) electrons. The van der Waals surface area contributed by atoms with Crippen LogP contribution in [0, 0.1) is 5.92 Å². The molecule has 0 saturated carbocycles. The highest BCUT2D eigenvalue weighted by atomic mass is 19.4. The van der Waals surface area contributed by atoms with Gasteiger partial charge in [0.25, 0.3) is 0 Å². The van der Waals surface area contributed by atoms with Crippen LogP contribution in [0.15, 0.2) is 24.3 Å². The number of amides is 2. The van der Waals surface area contributed by atoms with Crippen molar-refractivity contribution in [1.29, 1.82) is 0 Å². The van der Waals surface area contributed by atoms with E-state index < -0.39 is 35.7 Å². The molecule has 24 heavy (non-hydrogen) atoms. The minimum Gasteiger partial charge on any atom is -0.363 e. The van der Waals surface area contributed by atoms with Crippen molar-refractivity contribution in [1.82, 2.24) is 10.6 Å². The lowest BCUT2D eigenvalue weighted by molar-refractivity contribution is -0.290. The Morgan fingerprint density at radius 2 is 1.79 bits per heavy atom. The highest BCUT2D eigenvalue weighted by Gasteiger charge is 2.65. The van der Waals surface area contributed by atoms with Crippen LogP contribution in [0.3, 0.4) is 0 Å². The number of hydrogen-bond donors (Lipinski definition) is 3.